The number of para-hydroxylation sites is 2. The second kappa shape index (κ2) is 5.90. The summed E-state index contributed by atoms with van der Waals surface area (Å²) in [5.74, 6) is 0.915. The van der Waals surface area contributed by atoms with Gasteiger partial charge in [0.15, 0.2) is 0 Å². The Morgan fingerprint density at radius 2 is 2.16 bits per heavy atom. The van der Waals surface area contributed by atoms with E-state index in [1.54, 1.807) is 25.1 Å². The molecule has 0 radical (unpaired) electrons. The van der Waals surface area contributed by atoms with Crippen molar-refractivity contribution in [1.82, 2.24) is 5.16 Å². The van der Waals surface area contributed by atoms with Gasteiger partial charge in [0.05, 0.1) is 18.0 Å². The molecule has 0 saturated heterocycles. The average Bonchev–Trinajstić information content (AvgIpc) is 2.77. The molecule has 2 rings (SSSR count). The van der Waals surface area contributed by atoms with E-state index in [4.69, 9.17) is 9.26 Å². The van der Waals surface area contributed by atoms with Crippen LogP contribution in [0.3, 0.4) is 0 Å². The monoisotopic (exact) mass is 261 g/mol. The van der Waals surface area contributed by atoms with Gasteiger partial charge in [-0.05, 0) is 26.0 Å². The highest BCUT2D eigenvalue weighted by Gasteiger charge is 2.09. The summed E-state index contributed by atoms with van der Waals surface area (Å²) >= 11 is 0. The minimum atomic E-state index is -0.414. The molecule has 19 heavy (non-hydrogen) atoms. The quantitative estimate of drug-likeness (QED) is 0.886. The van der Waals surface area contributed by atoms with Gasteiger partial charge in [-0.1, -0.05) is 17.3 Å². The molecule has 0 atom stereocenters. The minimum Gasteiger partial charge on any atom is -0.492 e. The number of nitrogens with one attached hydrogen (secondary N) is 2. The number of benzene rings is 1. The van der Waals surface area contributed by atoms with E-state index in [9.17, 15) is 4.79 Å². The number of hydrogen-bond acceptors (Lipinski definition) is 4. The predicted molar refractivity (Wildman–Crippen MR) is 71.5 cm³/mol. The third kappa shape index (κ3) is 3.48. The van der Waals surface area contributed by atoms with Crippen LogP contribution < -0.4 is 15.4 Å². The fraction of sp³-hybridized carbons (Fsp3) is 0.231. The van der Waals surface area contributed by atoms with E-state index in [-0.39, 0.29) is 0 Å². The van der Waals surface area contributed by atoms with Crippen molar-refractivity contribution in [2.45, 2.75) is 13.8 Å². The summed E-state index contributed by atoms with van der Waals surface area (Å²) in [4.78, 5) is 11.8. The lowest BCUT2D eigenvalue weighted by Crippen LogP contribution is -2.19. The van der Waals surface area contributed by atoms with E-state index in [0.29, 0.717) is 29.6 Å². The maximum atomic E-state index is 11.8. The molecule has 0 bridgehead atoms. The summed E-state index contributed by atoms with van der Waals surface area (Å²) < 4.78 is 10.3. The van der Waals surface area contributed by atoms with Crippen molar-refractivity contribution < 1.29 is 14.1 Å². The fourth-order valence-corrected chi connectivity index (χ4v) is 1.54. The number of ether oxygens (including phenoxy) is 1. The van der Waals surface area contributed by atoms with Gasteiger partial charge in [0.25, 0.3) is 0 Å². The van der Waals surface area contributed by atoms with E-state index in [2.05, 4.69) is 15.8 Å². The van der Waals surface area contributed by atoms with Gasteiger partial charge in [-0.15, -0.1) is 0 Å². The van der Waals surface area contributed by atoms with Crippen molar-refractivity contribution in [2.24, 2.45) is 0 Å². The number of carbonyl (C=O) groups is 1. The molecule has 2 aromatic rings. The number of aryl methyl sites for hydroxylation is 1. The van der Waals surface area contributed by atoms with Gasteiger partial charge >= 0.3 is 6.03 Å². The van der Waals surface area contributed by atoms with Crippen LogP contribution in [-0.4, -0.2) is 17.8 Å². The Kier molecular flexibility index (Phi) is 4.02. The van der Waals surface area contributed by atoms with Crippen LogP contribution in [0.1, 0.15) is 12.6 Å². The molecule has 0 aliphatic carbocycles. The van der Waals surface area contributed by atoms with Crippen LogP contribution in [-0.2, 0) is 0 Å². The van der Waals surface area contributed by atoms with Crippen molar-refractivity contribution in [3.8, 4) is 5.75 Å². The third-order valence-corrected chi connectivity index (χ3v) is 2.30. The van der Waals surface area contributed by atoms with Crippen molar-refractivity contribution >= 4 is 17.6 Å². The number of carbonyl (C=O) groups excluding carboxylic acids is 1. The zero-order chi connectivity index (χ0) is 13.7. The van der Waals surface area contributed by atoms with Crippen molar-refractivity contribution in [3.63, 3.8) is 0 Å². The number of nitrogens with zero attached hydrogens (tertiary/aromatic N) is 1. The molecule has 0 aliphatic rings. The van der Waals surface area contributed by atoms with Crippen molar-refractivity contribution in [3.05, 3.63) is 36.0 Å². The first kappa shape index (κ1) is 12.9. The van der Waals surface area contributed by atoms with E-state index in [0.717, 1.165) is 0 Å². The molecule has 0 spiro atoms. The second-order valence-electron chi connectivity index (χ2n) is 3.84. The molecule has 2 amide bonds. The molecule has 0 fully saturated rings. The number of aromatic nitrogens is 1. The fourth-order valence-electron chi connectivity index (χ4n) is 1.54. The topological polar surface area (TPSA) is 76.4 Å². The second-order valence-corrected chi connectivity index (χ2v) is 3.84. The molecule has 0 unspecified atom stereocenters. The Morgan fingerprint density at radius 1 is 1.37 bits per heavy atom. The van der Waals surface area contributed by atoms with Crippen LogP contribution >= 0.6 is 0 Å². The Bertz CT molecular complexity index is 566. The first-order chi connectivity index (χ1) is 9.19. The van der Waals surface area contributed by atoms with Gasteiger partial charge in [-0.25, -0.2) is 4.79 Å². The third-order valence-electron chi connectivity index (χ3n) is 2.30. The van der Waals surface area contributed by atoms with Crippen LogP contribution in [0.15, 0.2) is 34.9 Å². The maximum Gasteiger partial charge on any atom is 0.326 e. The Hall–Kier alpha value is -2.50. The normalized spacial score (nSPS) is 10.0. The molecule has 6 nitrogen and oxygen atoms in total. The molecule has 100 valence electrons. The number of amides is 2. The predicted octanol–water partition coefficient (Wildman–Crippen LogP) is 3.03. The number of hydrogen-bond donors (Lipinski definition) is 2. The molecule has 1 aromatic carbocycles. The summed E-state index contributed by atoms with van der Waals surface area (Å²) in [6.45, 7) is 4.19. The summed E-state index contributed by atoms with van der Waals surface area (Å²) in [6, 6.07) is 8.43. The lowest BCUT2D eigenvalue weighted by Gasteiger charge is -2.10. The van der Waals surface area contributed by atoms with Crippen LogP contribution in [0.4, 0.5) is 16.4 Å². The summed E-state index contributed by atoms with van der Waals surface area (Å²) in [5.41, 5.74) is 1.29. The van der Waals surface area contributed by atoms with Gasteiger partial charge in [0.2, 0.25) is 5.88 Å². The Labute approximate surface area is 110 Å². The van der Waals surface area contributed by atoms with Crippen LogP contribution in [0.25, 0.3) is 0 Å². The zero-order valence-electron chi connectivity index (χ0n) is 10.8. The SMILES string of the molecule is CCOc1ccccc1NC(=O)Nc1cc(C)no1. The van der Waals surface area contributed by atoms with E-state index >= 15 is 0 Å². The number of anilines is 2. The molecule has 0 saturated carbocycles. The molecule has 1 heterocycles. The first-order valence-corrected chi connectivity index (χ1v) is 5.92. The molecule has 6 heteroatoms. The van der Waals surface area contributed by atoms with Gasteiger partial charge in [-0.2, -0.15) is 0 Å². The summed E-state index contributed by atoms with van der Waals surface area (Å²) in [6.07, 6.45) is 0. The average molecular weight is 261 g/mol. The van der Waals surface area contributed by atoms with E-state index in [1.165, 1.54) is 0 Å². The van der Waals surface area contributed by atoms with Gasteiger partial charge in [0.1, 0.15) is 5.75 Å². The number of rotatable bonds is 4. The molecular weight excluding hydrogens is 246 g/mol. The van der Waals surface area contributed by atoms with Gasteiger partial charge < -0.3 is 14.6 Å². The minimum absolute atomic E-state index is 0.295. The lowest BCUT2D eigenvalue weighted by molar-refractivity contribution is 0.261. The highest BCUT2D eigenvalue weighted by molar-refractivity contribution is 5.99. The van der Waals surface area contributed by atoms with E-state index < -0.39 is 6.03 Å². The summed E-state index contributed by atoms with van der Waals surface area (Å²) in [7, 11) is 0. The van der Waals surface area contributed by atoms with Crippen LogP contribution in [0, 0.1) is 6.92 Å². The number of urea groups is 1. The highest BCUT2D eigenvalue weighted by Crippen LogP contribution is 2.23. The largest absolute Gasteiger partial charge is 0.492 e. The van der Waals surface area contributed by atoms with Crippen molar-refractivity contribution in [1.29, 1.82) is 0 Å². The smallest absolute Gasteiger partial charge is 0.326 e. The molecule has 2 N–H and O–H groups in total. The Balaban J connectivity index is 2.02. The highest BCUT2D eigenvalue weighted by atomic mass is 16.5. The maximum absolute atomic E-state index is 11.8. The van der Waals surface area contributed by atoms with Gasteiger partial charge in [0, 0.05) is 6.07 Å². The standard InChI is InChI=1S/C13H15N3O3/c1-3-18-11-7-5-4-6-10(11)14-13(17)15-12-8-9(2)16-19-12/h4-8H,3H2,1-2H3,(H2,14,15,17). The summed E-state index contributed by atoms with van der Waals surface area (Å²) in [5, 5.41) is 8.92. The molecule has 0 aliphatic heterocycles. The first-order valence-electron chi connectivity index (χ1n) is 5.92. The van der Waals surface area contributed by atoms with Crippen molar-refractivity contribution in [2.75, 3.05) is 17.2 Å². The van der Waals surface area contributed by atoms with Gasteiger partial charge in [-0.3, -0.25) is 5.32 Å². The zero-order valence-corrected chi connectivity index (χ0v) is 10.8. The van der Waals surface area contributed by atoms with E-state index in [1.807, 2.05) is 19.1 Å². The molecule has 1 aromatic heterocycles. The van der Waals surface area contributed by atoms with Crippen LogP contribution in [0.2, 0.25) is 0 Å². The Morgan fingerprint density at radius 3 is 2.84 bits per heavy atom. The lowest BCUT2D eigenvalue weighted by atomic mass is 10.3. The molecular formula is C13H15N3O3. The van der Waals surface area contributed by atoms with Crippen LogP contribution in [0.5, 0.6) is 5.75 Å².